The molecule has 1 saturated carbocycles. The van der Waals surface area contributed by atoms with Crippen LogP contribution in [0.2, 0.25) is 0 Å². The molecule has 1 amide bonds. The van der Waals surface area contributed by atoms with Crippen molar-refractivity contribution in [1.82, 2.24) is 20.1 Å². The van der Waals surface area contributed by atoms with Crippen LogP contribution in [0.5, 0.6) is 11.5 Å². The van der Waals surface area contributed by atoms with Crippen LogP contribution in [0, 0.1) is 0 Å². The SMILES string of the molecule is CCn1c(Cc2ccc3c(c2)OCO3)nnc1SCC(=O)NC1CCCCC1. The summed E-state index contributed by atoms with van der Waals surface area (Å²) >= 11 is 1.45. The van der Waals surface area contributed by atoms with Gasteiger partial charge in [-0.25, -0.2) is 0 Å². The molecule has 0 saturated heterocycles. The number of hydrogen-bond acceptors (Lipinski definition) is 6. The highest BCUT2D eigenvalue weighted by molar-refractivity contribution is 7.99. The van der Waals surface area contributed by atoms with Crippen LogP contribution in [0.1, 0.15) is 50.4 Å². The van der Waals surface area contributed by atoms with E-state index in [2.05, 4.69) is 27.0 Å². The summed E-state index contributed by atoms with van der Waals surface area (Å²) in [5.41, 5.74) is 1.10. The van der Waals surface area contributed by atoms with Crippen molar-refractivity contribution in [3.63, 3.8) is 0 Å². The molecule has 1 aliphatic carbocycles. The molecule has 2 aliphatic rings. The van der Waals surface area contributed by atoms with Crippen molar-refractivity contribution < 1.29 is 14.3 Å². The lowest BCUT2D eigenvalue weighted by Gasteiger charge is -2.22. The van der Waals surface area contributed by atoms with Crippen molar-refractivity contribution in [2.75, 3.05) is 12.5 Å². The van der Waals surface area contributed by atoms with Crippen LogP contribution in [0.25, 0.3) is 0 Å². The van der Waals surface area contributed by atoms with E-state index in [1.165, 1.54) is 31.0 Å². The van der Waals surface area contributed by atoms with Crippen LogP contribution >= 0.6 is 11.8 Å². The summed E-state index contributed by atoms with van der Waals surface area (Å²) in [5.74, 6) is 2.89. The van der Waals surface area contributed by atoms with Gasteiger partial charge in [0.1, 0.15) is 5.82 Å². The Hall–Kier alpha value is -2.22. The number of benzene rings is 1. The van der Waals surface area contributed by atoms with Gasteiger partial charge in [0, 0.05) is 19.0 Å². The molecule has 0 atom stereocenters. The summed E-state index contributed by atoms with van der Waals surface area (Å²) in [6.45, 7) is 3.10. The van der Waals surface area contributed by atoms with Gasteiger partial charge in [-0.2, -0.15) is 0 Å². The molecule has 1 fully saturated rings. The first-order valence-electron chi connectivity index (χ1n) is 9.95. The number of hydrogen-bond donors (Lipinski definition) is 1. The second-order valence-electron chi connectivity index (χ2n) is 7.20. The maximum absolute atomic E-state index is 12.3. The second-order valence-corrected chi connectivity index (χ2v) is 8.14. The third-order valence-corrected chi connectivity index (χ3v) is 6.18. The van der Waals surface area contributed by atoms with E-state index >= 15 is 0 Å². The number of aromatic nitrogens is 3. The average Bonchev–Trinajstić information content (AvgIpc) is 3.33. The van der Waals surface area contributed by atoms with Gasteiger partial charge in [0.2, 0.25) is 12.7 Å². The molecular formula is C20H26N4O3S. The smallest absolute Gasteiger partial charge is 0.231 e. The third kappa shape index (κ3) is 4.43. The minimum atomic E-state index is 0.0832. The van der Waals surface area contributed by atoms with Gasteiger partial charge in [0.05, 0.1) is 5.75 Å². The maximum Gasteiger partial charge on any atom is 0.231 e. The molecular weight excluding hydrogens is 376 g/mol. The lowest BCUT2D eigenvalue weighted by Crippen LogP contribution is -2.37. The Morgan fingerprint density at radius 3 is 2.86 bits per heavy atom. The molecule has 1 aromatic heterocycles. The Morgan fingerprint density at radius 2 is 2.04 bits per heavy atom. The molecule has 0 unspecified atom stereocenters. The first-order valence-corrected chi connectivity index (χ1v) is 10.9. The van der Waals surface area contributed by atoms with Gasteiger partial charge < -0.3 is 19.4 Å². The largest absolute Gasteiger partial charge is 0.454 e. The molecule has 2 aromatic rings. The van der Waals surface area contributed by atoms with Gasteiger partial charge in [-0.3, -0.25) is 4.79 Å². The fourth-order valence-electron chi connectivity index (χ4n) is 3.75. The Bertz CT molecular complexity index is 833. The Kier molecular flexibility index (Phi) is 6.04. The van der Waals surface area contributed by atoms with Gasteiger partial charge in [-0.05, 0) is 37.5 Å². The molecule has 0 radical (unpaired) electrons. The maximum atomic E-state index is 12.3. The van der Waals surface area contributed by atoms with Gasteiger partial charge in [-0.15, -0.1) is 10.2 Å². The Morgan fingerprint density at radius 1 is 1.21 bits per heavy atom. The zero-order valence-electron chi connectivity index (χ0n) is 16.1. The first kappa shape index (κ1) is 19.1. The Labute approximate surface area is 169 Å². The summed E-state index contributed by atoms with van der Waals surface area (Å²) < 4.78 is 12.9. The van der Waals surface area contributed by atoms with Crippen molar-refractivity contribution in [3.05, 3.63) is 29.6 Å². The summed E-state index contributed by atoms with van der Waals surface area (Å²) in [7, 11) is 0. The predicted molar refractivity (Wildman–Crippen MR) is 107 cm³/mol. The van der Waals surface area contributed by atoms with Crippen molar-refractivity contribution in [1.29, 1.82) is 0 Å². The molecule has 2 heterocycles. The number of nitrogens with zero attached hydrogens (tertiary/aromatic N) is 3. The standard InChI is InChI=1S/C20H26N4O3S/c1-2-24-18(11-14-8-9-16-17(10-14)27-13-26-16)22-23-20(24)28-12-19(25)21-15-6-4-3-5-7-15/h8-10,15H,2-7,11-13H2,1H3,(H,21,25). The average molecular weight is 403 g/mol. The van der Waals surface area contributed by atoms with Crippen LogP contribution in [0.4, 0.5) is 0 Å². The lowest BCUT2D eigenvalue weighted by molar-refractivity contribution is -0.119. The number of nitrogens with one attached hydrogen (secondary N) is 1. The van der Waals surface area contributed by atoms with Crippen molar-refractivity contribution in [2.45, 2.75) is 63.2 Å². The summed E-state index contributed by atoms with van der Waals surface area (Å²) in [6.07, 6.45) is 6.57. The first-order chi connectivity index (χ1) is 13.7. The molecule has 0 spiro atoms. The highest BCUT2D eigenvalue weighted by Crippen LogP contribution is 2.33. The van der Waals surface area contributed by atoms with Gasteiger partial charge in [-0.1, -0.05) is 37.1 Å². The van der Waals surface area contributed by atoms with Gasteiger partial charge >= 0.3 is 0 Å². The van der Waals surface area contributed by atoms with E-state index in [4.69, 9.17) is 9.47 Å². The van der Waals surface area contributed by atoms with E-state index in [1.807, 2.05) is 18.2 Å². The summed E-state index contributed by atoms with van der Waals surface area (Å²) in [5, 5.41) is 12.6. The molecule has 1 aliphatic heterocycles. The number of fused-ring (bicyclic) bond motifs is 1. The minimum Gasteiger partial charge on any atom is -0.454 e. The van der Waals surface area contributed by atoms with Crippen LogP contribution in [-0.4, -0.2) is 39.3 Å². The summed E-state index contributed by atoms with van der Waals surface area (Å²) in [6, 6.07) is 6.27. The number of ether oxygens (including phenoxy) is 2. The van der Waals surface area contributed by atoms with E-state index in [1.54, 1.807) is 0 Å². The third-order valence-electron chi connectivity index (χ3n) is 5.21. The molecule has 8 heteroatoms. The van der Waals surface area contributed by atoms with Crippen molar-refractivity contribution >= 4 is 17.7 Å². The normalized spacial score (nSPS) is 16.3. The van der Waals surface area contributed by atoms with Crippen LogP contribution < -0.4 is 14.8 Å². The zero-order valence-corrected chi connectivity index (χ0v) is 17.0. The number of carbonyl (C=O) groups is 1. The number of carbonyl (C=O) groups excluding carboxylic acids is 1. The lowest BCUT2D eigenvalue weighted by atomic mass is 9.95. The van der Waals surface area contributed by atoms with Crippen LogP contribution in [0.3, 0.4) is 0 Å². The fraction of sp³-hybridized carbons (Fsp3) is 0.550. The number of thioether (sulfide) groups is 1. The van der Waals surface area contributed by atoms with Crippen LogP contribution in [0.15, 0.2) is 23.4 Å². The van der Waals surface area contributed by atoms with E-state index in [0.717, 1.165) is 47.4 Å². The molecule has 1 aromatic carbocycles. The Balaban J connectivity index is 1.36. The minimum absolute atomic E-state index is 0.0832. The molecule has 4 rings (SSSR count). The number of rotatable bonds is 7. The van der Waals surface area contributed by atoms with Gasteiger partial charge in [0.15, 0.2) is 16.7 Å². The fourth-order valence-corrected chi connectivity index (χ4v) is 4.59. The molecule has 7 nitrogen and oxygen atoms in total. The molecule has 150 valence electrons. The van der Waals surface area contributed by atoms with E-state index in [0.29, 0.717) is 18.2 Å². The summed E-state index contributed by atoms with van der Waals surface area (Å²) in [4.78, 5) is 12.3. The predicted octanol–water partition coefficient (Wildman–Crippen LogP) is 3.16. The van der Waals surface area contributed by atoms with E-state index < -0.39 is 0 Å². The second kappa shape index (κ2) is 8.86. The van der Waals surface area contributed by atoms with E-state index in [9.17, 15) is 4.79 Å². The quantitative estimate of drug-likeness (QED) is 0.717. The monoisotopic (exact) mass is 402 g/mol. The molecule has 0 bridgehead atoms. The molecule has 1 N–H and O–H groups in total. The number of amides is 1. The zero-order chi connectivity index (χ0) is 19.3. The van der Waals surface area contributed by atoms with E-state index in [-0.39, 0.29) is 12.7 Å². The van der Waals surface area contributed by atoms with Gasteiger partial charge in [0.25, 0.3) is 0 Å². The topological polar surface area (TPSA) is 78.3 Å². The van der Waals surface area contributed by atoms with Crippen LogP contribution in [-0.2, 0) is 17.8 Å². The van der Waals surface area contributed by atoms with Crippen molar-refractivity contribution in [2.24, 2.45) is 0 Å². The highest BCUT2D eigenvalue weighted by atomic mass is 32.2. The van der Waals surface area contributed by atoms with Crippen molar-refractivity contribution in [3.8, 4) is 11.5 Å². The molecule has 28 heavy (non-hydrogen) atoms. The highest BCUT2D eigenvalue weighted by Gasteiger charge is 2.19.